The molecular formula is C13H18ClN3O4. The molecule has 0 heterocycles. The average Bonchev–Trinajstić information content (AvgIpc) is 2.41. The van der Waals surface area contributed by atoms with Gasteiger partial charge < -0.3 is 15.0 Å². The third-order valence-electron chi connectivity index (χ3n) is 2.61. The summed E-state index contributed by atoms with van der Waals surface area (Å²) in [7, 11) is 3.87. The minimum Gasteiger partial charge on any atom is -0.378 e. The molecule has 0 aliphatic rings. The zero-order valence-electron chi connectivity index (χ0n) is 12.0. The predicted octanol–water partition coefficient (Wildman–Crippen LogP) is 1.56. The minimum absolute atomic E-state index is 0.0548. The Kier molecular flexibility index (Phi) is 7.07. The van der Waals surface area contributed by atoms with Crippen molar-refractivity contribution in [3.63, 3.8) is 0 Å². The van der Waals surface area contributed by atoms with Crippen LogP contribution in [0.25, 0.3) is 0 Å². The molecule has 1 aromatic rings. The monoisotopic (exact) mass is 315 g/mol. The highest BCUT2D eigenvalue weighted by Crippen LogP contribution is 2.22. The third kappa shape index (κ3) is 6.07. The lowest BCUT2D eigenvalue weighted by atomic mass is 10.1. The first-order valence-electron chi connectivity index (χ1n) is 6.36. The van der Waals surface area contributed by atoms with Gasteiger partial charge in [0.15, 0.2) is 0 Å². The van der Waals surface area contributed by atoms with E-state index < -0.39 is 10.8 Å². The number of halogens is 1. The smallest absolute Gasteiger partial charge is 0.282 e. The van der Waals surface area contributed by atoms with Gasteiger partial charge in [0.05, 0.1) is 18.1 Å². The lowest BCUT2D eigenvalue weighted by Crippen LogP contribution is -2.28. The van der Waals surface area contributed by atoms with Crippen LogP contribution in [-0.4, -0.2) is 56.1 Å². The van der Waals surface area contributed by atoms with Gasteiger partial charge in [0, 0.05) is 24.2 Å². The number of nitro benzene ring substituents is 1. The van der Waals surface area contributed by atoms with Crippen LogP contribution in [0.2, 0.25) is 5.02 Å². The van der Waals surface area contributed by atoms with E-state index in [-0.39, 0.29) is 22.8 Å². The number of hydrogen-bond donors (Lipinski definition) is 1. The predicted molar refractivity (Wildman–Crippen MR) is 79.8 cm³/mol. The first-order chi connectivity index (χ1) is 9.91. The molecule has 0 unspecified atom stereocenters. The molecule has 1 N–H and O–H groups in total. The van der Waals surface area contributed by atoms with Gasteiger partial charge in [-0.3, -0.25) is 14.9 Å². The van der Waals surface area contributed by atoms with Crippen molar-refractivity contribution in [2.75, 3.05) is 40.4 Å². The van der Waals surface area contributed by atoms with Gasteiger partial charge in [0.25, 0.3) is 11.6 Å². The largest absolute Gasteiger partial charge is 0.378 e. The fraction of sp³-hybridized carbons (Fsp3) is 0.462. The maximum absolute atomic E-state index is 11.9. The van der Waals surface area contributed by atoms with E-state index >= 15 is 0 Å². The summed E-state index contributed by atoms with van der Waals surface area (Å²) in [5, 5.41) is 13.7. The molecule has 0 saturated carbocycles. The van der Waals surface area contributed by atoms with Crippen molar-refractivity contribution in [1.29, 1.82) is 0 Å². The van der Waals surface area contributed by atoms with E-state index in [0.717, 1.165) is 6.54 Å². The SMILES string of the molecule is CN(C)CCOCCNC(=O)c1cc(Cl)ccc1[N+](=O)[O-]. The maximum Gasteiger partial charge on any atom is 0.282 e. The zero-order valence-corrected chi connectivity index (χ0v) is 12.7. The van der Waals surface area contributed by atoms with Crippen LogP contribution in [0.4, 0.5) is 5.69 Å². The first-order valence-corrected chi connectivity index (χ1v) is 6.74. The molecule has 0 radical (unpaired) electrons. The highest BCUT2D eigenvalue weighted by Gasteiger charge is 2.19. The van der Waals surface area contributed by atoms with Gasteiger partial charge in [-0.2, -0.15) is 0 Å². The summed E-state index contributed by atoms with van der Waals surface area (Å²) in [5.74, 6) is -0.541. The van der Waals surface area contributed by atoms with Crippen LogP contribution in [0.3, 0.4) is 0 Å². The molecule has 0 aliphatic heterocycles. The summed E-state index contributed by atoms with van der Waals surface area (Å²) in [5.41, 5.74) is -0.328. The normalized spacial score (nSPS) is 10.7. The van der Waals surface area contributed by atoms with Crippen LogP contribution >= 0.6 is 11.6 Å². The molecule has 0 fully saturated rings. The minimum atomic E-state index is -0.612. The second kappa shape index (κ2) is 8.56. The van der Waals surface area contributed by atoms with E-state index in [2.05, 4.69) is 5.32 Å². The van der Waals surface area contributed by atoms with Crippen LogP contribution in [0.15, 0.2) is 18.2 Å². The summed E-state index contributed by atoms with van der Waals surface area (Å²) in [6.07, 6.45) is 0. The summed E-state index contributed by atoms with van der Waals surface area (Å²) in [6, 6.07) is 3.87. The van der Waals surface area contributed by atoms with E-state index in [0.29, 0.717) is 13.2 Å². The molecule has 21 heavy (non-hydrogen) atoms. The summed E-state index contributed by atoms with van der Waals surface area (Å²) >= 11 is 5.77. The van der Waals surface area contributed by atoms with Crippen molar-refractivity contribution in [3.8, 4) is 0 Å². The fourth-order valence-corrected chi connectivity index (χ4v) is 1.70. The Labute approximate surface area is 128 Å². The lowest BCUT2D eigenvalue weighted by Gasteiger charge is -2.10. The number of likely N-dealkylation sites (N-methyl/N-ethyl adjacent to an activating group) is 1. The van der Waals surface area contributed by atoms with Gasteiger partial charge in [-0.05, 0) is 26.2 Å². The number of nitrogens with one attached hydrogen (secondary N) is 1. The molecule has 1 rings (SSSR count). The number of nitro groups is 1. The zero-order chi connectivity index (χ0) is 15.8. The third-order valence-corrected chi connectivity index (χ3v) is 2.85. The van der Waals surface area contributed by atoms with Crippen molar-refractivity contribution in [2.45, 2.75) is 0 Å². The van der Waals surface area contributed by atoms with Gasteiger partial charge in [-0.25, -0.2) is 0 Å². The Bertz CT molecular complexity index is 508. The highest BCUT2D eigenvalue weighted by atomic mass is 35.5. The van der Waals surface area contributed by atoms with Crippen molar-refractivity contribution >= 4 is 23.2 Å². The summed E-state index contributed by atoms with van der Waals surface area (Å²) in [6.45, 7) is 1.96. The molecule has 0 spiro atoms. The van der Waals surface area contributed by atoms with Gasteiger partial charge in [0.1, 0.15) is 5.56 Å². The van der Waals surface area contributed by atoms with Crippen LogP contribution in [-0.2, 0) is 4.74 Å². The van der Waals surface area contributed by atoms with Crippen LogP contribution < -0.4 is 5.32 Å². The molecular weight excluding hydrogens is 298 g/mol. The molecule has 116 valence electrons. The lowest BCUT2D eigenvalue weighted by molar-refractivity contribution is -0.385. The number of amides is 1. The molecule has 0 aliphatic carbocycles. The number of benzene rings is 1. The van der Waals surface area contributed by atoms with Crippen molar-refractivity contribution in [1.82, 2.24) is 10.2 Å². The Morgan fingerprint density at radius 2 is 2.14 bits per heavy atom. The number of nitrogens with zero attached hydrogens (tertiary/aromatic N) is 2. The second-order valence-corrected chi connectivity index (χ2v) is 5.03. The molecule has 1 aromatic carbocycles. The second-order valence-electron chi connectivity index (χ2n) is 4.59. The van der Waals surface area contributed by atoms with Crippen molar-refractivity contribution in [3.05, 3.63) is 38.9 Å². The van der Waals surface area contributed by atoms with E-state index in [1.165, 1.54) is 18.2 Å². The van der Waals surface area contributed by atoms with Gasteiger partial charge in [0.2, 0.25) is 0 Å². The fourth-order valence-electron chi connectivity index (χ4n) is 1.53. The maximum atomic E-state index is 11.9. The van der Waals surface area contributed by atoms with Crippen molar-refractivity contribution < 1.29 is 14.5 Å². The number of ether oxygens (including phenoxy) is 1. The topological polar surface area (TPSA) is 84.7 Å². The molecule has 0 atom stereocenters. The molecule has 7 nitrogen and oxygen atoms in total. The summed E-state index contributed by atoms with van der Waals surface area (Å²) < 4.78 is 5.32. The standard InChI is InChI=1S/C13H18ClN3O4/c1-16(2)6-8-21-7-5-15-13(18)11-9-10(14)3-4-12(11)17(19)20/h3-4,9H,5-8H2,1-2H3,(H,15,18). The summed E-state index contributed by atoms with van der Waals surface area (Å²) in [4.78, 5) is 24.2. The molecule has 0 saturated heterocycles. The van der Waals surface area contributed by atoms with E-state index in [4.69, 9.17) is 16.3 Å². The molecule has 0 aromatic heterocycles. The number of hydrogen-bond acceptors (Lipinski definition) is 5. The van der Waals surface area contributed by atoms with E-state index in [1.54, 1.807) is 0 Å². The van der Waals surface area contributed by atoms with Crippen LogP contribution in [0.1, 0.15) is 10.4 Å². The number of carbonyl (C=O) groups is 1. The average molecular weight is 316 g/mol. The van der Waals surface area contributed by atoms with E-state index in [9.17, 15) is 14.9 Å². The Balaban J connectivity index is 2.49. The molecule has 8 heteroatoms. The number of carbonyl (C=O) groups excluding carboxylic acids is 1. The van der Waals surface area contributed by atoms with Crippen LogP contribution in [0, 0.1) is 10.1 Å². The first kappa shape index (κ1) is 17.4. The molecule has 1 amide bonds. The Hall–Kier alpha value is -1.70. The van der Waals surface area contributed by atoms with E-state index in [1.807, 2.05) is 19.0 Å². The number of rotatable bonds is 8. The Morgan fingerprint density at radius 1 is 1.43 bits per heavy atom. The van der Waals surface area contributed by atoms with Crippen LogP contribution in [0.5, 0.6) is 0 Å². The van der Waals surface area contributed by atoms with Crippen molar-refractivity contribution in [2.24, 2.45) is 0 Å². The quantitative estimate of drug-likeness (QED) is 0.447. The highest BCUT2D eigenvalue weighted by molar-refractivity contribution is 6.31. The van der Waals surface area contributed by atoms with Gasteiger partial charge >= 0.3 is 0 Å². The van der Waals surface area contributed by atoms with Gasteiger partial charge in [-0.15, -0.1) is 0 Å². The van der Waals surface area contributed by atoms with Gasteiger partial charge in [-0.1, -0.05) is 11.6 Å². The molecule has 0 bridgehead atoms. The Morgan fingerprint density at radius 3 is 2.76 bits per heavy atom.